The summed E-state index contributed by atoms with van der Waals surface area (Å²) in [6.07, 6.45) is 2.52. The summed E-state index contributed by atoms with van der Waals surface area (Å²) in [4.78, 5) is 21.5. The average Bonchev–Trinajstić information content (AvgIpc) is 2.80. The summed E-state index contributed by atoms with van der Waals surface area (Å²) < 4.78 is 5.79. The zero-order chi connectivity index (χ0) is 13.1. The first kappa shape index (κ1) is 13.1. The van der Waals surface area contributed by atoms with Crippen molar-refractivity contribution in [3.05, 3.63) is 10.8 Å². The van der Waals surface area contributed by atoms with Gasteiger partial charge in [0.2, 0.25) is 5.91 Å². The minimum Gasteiger partial charge on any atom is -0.478 e. The Morgan fingerprint density at radius 2 is 2.44 bits per heavy atom. The summed E-state index contributed by atoms with van der Waals surface area (Å²) in [6.45, 7) is 3.05. The van der Waals surface area contributed by atoms with E-state index in [0.29, 0.717) is 22.8 Å². The molecule has 1 atom stereocenters. The number of likely N-dealkylation sites (tertiary alicyclic amines) is 1. The molecule has 0 radical (unpaired) electrons. The summed E-state index contributed by atoms with van der Waals surface area (Å²) in [5.41, 5.74) is 0. The Morgan fingerprint density at radius 3 is 3.06 bits per heavy atom. The Morgan fingerprint density at radius 1 is 1.67 bits per heavy atom. The van der Waals surface area contributed by atoms with Crippen molar-refractivity contribution in [1.82, 2.24) is 14.9 Å². The van der Waals surface area contributed by atoms with E-state index in [1.807, 2.05) is 4.90 Å². The standard InChI is InChI=1S/C11H15BrN4O2/c1-7(17)16-4-3-8(6-16)14-10-11(18-2)15-9(12)5-13-10/h5,8H,3-4,6H2,1-2H3,(H,13,14). The molecule has 0 aromatic carbocycles. The summed E-state index contributed by atoms with van der Waals surface area (Å²) in [5, 5.41) is 3.26. The van der Waals surface area contributed by atoms with Crippen LogP contribution >= 0.6 is 15.9 Å². The summed E-state index contributed by atoms with van der Waals surface area (Å²) >= 11 is 3.24. The quantitative estimate of drug-likeness (QED) is 0.910. The van der Waals surface area contributed by atoms with Gasteiger partial charge in [0.25, 0.3) is 5.88 Å². The number of hydrogen-bond acceptors (Lipinski definition) is 5. The highest BCUT2D eigenvalue weighted by Crippen LogP contribution is 2.23. The minimum atomic E-state index is 0.105. The van der Waals surface area contributed by atoms with Crippen molar-refractivity contribution in [1.29, 1.82) is 0 Å². The molecule has 1 aliphatic rings. The number of methoxy groups -OCH3 is 1. The highest BCUT2D eigenvalue weighted by molar-refractivity contribution is 9.10. The van der Waals surface area contributed by atoms with Gasteiger partial charge in [0.1, 0.15) is 4.60 Å². The smallest absolute Gasteiger partial charge is 0.258 e. The van der Waals surface area contributed by atoms with E-state index in [4.69, 9.17) is 4.74 Å². The van der Waals surface area contributed by atoms with Crippen LogP contribution in [0.1, 0.15) is 13.3 Å². The van der Waals surface area contributed by atoms with Gasteiger partial charge >= 0.3 is 0 Å². The molecule has 1 aromatic heterocycles. The zero-order valence-corrected chi connectivity index (χ0v) is 11.9. The van der Waals surface area contributed by atoms with E-state index < -0.39 is 0 Å². The highest BCUT2D eigenvalue weighted by Gasteiger charge is 2.25. The molecule has 0 bridgehead atoms. The van der Waals surface area contributed by atoms with E-state index in [1.165, 1.54) is 0 Å². The second kappa shape index (κ2) is 5.51. The molecule has 0 spiro atoms. The van der Waals surface area contributed by atoms with Crippen molar-refractivity contribution in [2.24, 2.45) is 0 Å². The van der Waals surface area contributed by atoms with Gasteiger partial charge in [-0.05, 0) is 22.4 Å². The number of halogens is 1. The van der Waals surface area contributed by atoms with Gasteiger partial charge < -0.3 is 15.0 Å². The SMILES string of the molecule is COc1nc(Br)cnc1NC1CCN(C(C)=O)C1. The first-order valence-corrected chi connectivity index (χ1v) is 6.48. The molecule has 1 unspecified atom stereocenters. The van der Waals surface area contributed by atoms with E-state index in [0.717, 1.165) is 13.0 Å². The summed E-state index contributed by atoms with van der Waals surface area (Å²) in [7, 11) is 1.55. The molecule has 98 valence electrons. The van der Waals surface area contributed by atoms with Crippen LogP contribution in [0.4, 0.5) is 5.82 Å². The molecule has 2 heterocycles. The monoisotopic (exact) mass is 314 g/mol. The van der Waals surface area contributed by atoms with Crippen molar-refractivity contribution < 1.29 is 9.53 Å². The molecule has 1 aliphatic heterocycles. The van der Waals surface area contributed by atoms with Crippen LogP contribution in [-0.4, -0.2) is 47.0 Å². The Kier molecular flexibility index (Phi) is 4.00. The van der Waals surface area contributed by atoms with Crippen LogP contribution in [0.25, 0.3) is 0 Å². The second-order valence-corrected chi connectivity index (χ2v) is 4.96. The van der Waals surface area contributed by atoms with Crippen LogP contribution in [-0.2, 0) is 4.79 Å². The largest absolute Gasteiger partial charge is 0.478 e. The number of carbonyl (C=O) groups is 1. The Balaban J connectivity index is 2.04. The second-order valence-electron chi connectivity index (χ2n) is 4.15. The number of aromatic nitrogens is 2. The van der Waals surface area contributed by atoms with Crippen LogP contribution in [0.5, 0.6) is 5.88 Å². The van der Waals surface area contributed by atoms with Crippen molar-refractivity contribution in [2.75, 3.05) is 25.5 Å². The van der Waals surface area contributed by atoms with Crippen LogP contribution in [0.2, 0.25) is 0 Å². The maximum absolute atomic E-state index is 11.3. The highest BCUT2D eigenvalue weighted by atomic mass is 79.9. The predicted molar refractivity (Wildman–Crippen MR) is 70.6 cm³/mol. The molecule has 0 aliphatic carbocycles. The van der Waals surface area contributed by atoms with Crippen LogP contribution < -0.4 is 10.1 Å². The lowest BCUT2D eigenvalue weighted by atomic mass is 10.2. The van der Waals surface area contributed by atoms with Crippen LogP contribution in [0.3, 0.4) is 0 Å². The van der Waals surface area contributed by atoms with E-state index in [2.05, 4.69) is 31.2 Å². The topological polar surface area (TPSA) is 67.4 Å². The Bertz CT molecular complexity index is 455. The van der Waals surface area contributed by atoms with Gasteiger partial charge in [-0.1, -0.05) is 0 Å². The molecule has 1 saturated heterocycles. The van der Waals surface area contributed by atoms with E-state index in [-0.39, 0.29) is 11.9 Å². The van der Waals surface area contributed by atoms with Gasteiger partial charge in [0, 0.05) is 26.1 Å². The Labute approximate surface area is 114 Å². The fourth-order valence-corrected chi connectivity index (χ4v) is 2.21. The number of nitrogens with one attached hydrogen (secondary N) is 1. The maximum Gasteiger partial charge on any atom is 0.258 e. The van der Waals surface area contributed by atoms with E-state index in [1.54, 1.807) is 20.2 Å². The van der Waals surface area contributed by atoms with Crippen LogP contribution in [0, 0.1) is 0 Å². The number of amides is 1. The van der Waals surface area contributed by atoms with Gasteiger partial charge in [0.05, 0.1) is 13.3 Å². The van der Waals surface area contributed by atoms with Gasteiger partial charge in [-0.3, -0.25) is 4.79 Å². The lowest BCUT2D eigenvalue weighted by Gasteiger charge is -2.16. The first-order valence-electron chi connectivity index (χ1n) is 5.68. The van der Waals surface area contributed by atoms with Crippen molar-refractivity contribution in [3.8, 4) is 5.88 Å². The van der Waals surface area contributed by atoms with E-state index >= 15 is 0 Å². The van der Waals surface area contributed by atoms with Gasteiger partial charge in [0.15, 0.2) is 5.82 Å². The molecular formula is C11H15BrN4O2. The third-order valence-corrected chi connectivity index (χ3v) is 3.26. The zero-order valence-electron chi connectivity index (χ0n) is 10.3. The molecule has 1 N–H and O–H groups in total. The number of ether oxygens (including phenoxy) is 1. The van der Waals surface area contributed by atoms with Crippen molar-refractivity contribution >= 4 is 27.7 Å². The van der Waals surface area contributed by atoms with Crippen LogP contribution in [0.15, 0.2) is 10.8 Å². The van der Waals surface area contributed by atoms with Crippen molar-refractivity contribution in [2.45, 2.75) is 19.4 Å². The predicted octanol–water partition coefficient (Wildman–Crippen LogP) is 1.28. The molecule has 18 heavy (non-hydrogen) atoms. The molecule has 0 saturated carbocycles. The average molecular weight is 315 g/mol. The molecule has 2 rings (SSSR count). The molecule has 6 nitrogen and oxygen atoms in total. The third-order valence-electron chi connectivity index (χ3n) is 2.88. The lowest BCUT2D eigenvalue weighted by molar-refractivity contribution is -0.127. The Hall–Kier alpha value is -1.37. The molecule has 1 amide bonds. The number of nitrogens with zero attached hydrogens (tertiary/aromatic N) is 3. The molecule has 1 fully saturated rings. The molecular weight excluding hydrogens is 300 g/mol. The number of anilines is 1. The first-order chi connectivity index (χ1) is 8.60. The fraction of sp³-hybridized carbons (Fsp3) is 0.545. The maximum atomic E-state index is 11.3. The van der Waals surface area contributed by atoms with Gasteiger partial charge in [-0.2, -0.15) is 0 Å². The fourth-order valence-electron chi connectivity index (χ4n) is 1.95. The normalized spacial score (nSPS) is 18.8. The number of carbonyl (C=O) groups excluding carboxylic acids is 1. The number of rotatable bonds is 3. The summed E-state index contributed by atoms with van der Waals surface area (Å²) in [5.74, 6) is 1.16. The minimum absolute atomic E-state index is 0.105. The molecule has 1 aromatic rings. The molecule has 7 heteroatoms. The third kappa shape index (κ3) is 2.90. The van der Waals surface area contributed by atoms with Crippen molar-refractivity contribution in [3.63, 3.8) is 0 Å². The van der Waals surface area contributed by atoms with E-state index in [9.17, 15) is 4.79 Å². The summed E-state index contributed by atoms with van der Waals surface area (Å²) in [6, 6.07) is 0.193. The lowest BCUT2D eigenvalue weighted by Crippen LogP contribution is -2.29. The number of hydrogen-bond donors (Lipinski definition) is 1. The van der Waals surface area contributed by atoms with Gasteiger partial charge in [-0.25, -0.2) is 9.97 Å². The van der Waals surface area contributed by atoms with Gasteiger partial charge in [-0.15, -0.1) is 0 Å².